The van der Waals surface area contributed by atoms with E-state index in [4.69, 9.17) is 5.73 Å². The molecule has 1 aromatic heterocycles. The minimum absolute atomic E-state index is 0.145. The molecule has 0 radical (unpaired) electrons. The molecule has 3 N–H and O–H groups in total. The van der Waals surface area contributed by atoms with E-state index in [1.54, 1.807) is 31.3 Å². The van der Waals surface area contributed by atoms with E-state index >= 15 is 0 Å². The van der Waals surface area contributed by atoms with Crippen LogP contribution in [0.5, 0.6) is 0 Å². The first kappa shape index (κ1) is 13.4. The van der Waals surface area contributed by atoms with Crippen molar-refractivity contribution < 1.29 is 8.42 Å². The molecule has 0 atom stereocenters. The molecule has 0 unspecified atom stereocenters. The Morgan fingerprint density at radius 1 is 1.05 bits per heavy atom. The highest BCUT2D eigenvalue weighted by molar-refractivity contribution is 7.92. The van der Waals surface area contributed by atoms with E-state index in [-0.39, 0.29) is 4.90 Å². The van der Waals surface area contributed by atoms with E-state index in [0.29, 0.717) is 11.4 Å². The zero-order valence-electron chi connectivity index (χ0n) is 10.7. The smallest absolute Gasteiger partial charge is 0.262 e. The highest BCUT2D eigenvalue weighted by Crippen LogP contribution is 2.19. The van der Waals surface area contributed by atoms with Crippen molar-refractivity contribution in [1.82, 2.24) is 4.98 Å². The fraction of sp³-hybridized carbons (Fsp3) is 0.154. The van der Waals surface area contributed by atoms with Gasteiger partial charge in [-0.3, -0.25) is 9.71 Å². The average molecular weight is 277 g/mol. The van der Waals surface area contributed by atoms with Gasteiger partial charge in [0.1, 0.15) is 0 Å². The number of rotatable bonds is 3. The van der Waals surface area contributed by atoms with Crippen LogP contribution < -0.4 is 10.5 Å². The van der Waals surface area contributed by atoms with Crippen LogP contribution in [0.1, 0.15) is 11.1 Å². The summed E-state index contributed by atoms with van der Waals surface area (Å²) in [5.74, 6) is 0. The number of hydrogen-bond acceptors (Lipinski definition) is 4. The van der Waals surface area contributed by atoms with Gasteiger partial charge in [0, 0.05) is 11.9 Å². The molecule has 2 aromatic rings. The number of hydrogen-bond donors (Lipinski definition) is 2. The Bertz CT molecular complexity index is 691. The number of nitrogens with one attached hydrogen (secondary N) is 1. The number of anilines is 2. The van der Waals surface area contributed by atoms with Crippen LogP contribution >= 0.6 is 0 Å². The molecule has 0 aliphatic heterocycles. The van der Waals surface area contributed by atoms with Gasteiger partial charge in [-0.05, 0) is 49.2 Å². The standard InChI is InChI=1S/C13H15N3O2S/c1-9-3-11(14)6-13(5-9)19(17,18)16-12-4-10(2)7-15-8-12/h3-8,16H,14H2,1-2H3. The van der Waals surface area contributed by atoms with Crippen molar-refractivity contribution in [3.63, 3.8) is 0 Å². The summed E-state index contributed by atoms with van der Waals surface area (Å²) in [5, 5.41) is 0. The lowest BCUT2D eigenvalue weighted by Crippen LogP contribution is -2.13. The lowest BCUT2D eigenvalue weighted by Gasteiger charge is -2.09. The van der Waals surface area contributed by atoms with Gasteiger partial charge < -0.3 is 5.73 Å². The molecule has 5 nitrogen and oxygen atoms in total. The van der Waals surface area contributed by atoms with E-state index in [1.807, 2.05) is 6.92 Å². The Kier molecular flexibility index (Phi) is 3.44. The molecule has 0 fully saturated rings. The highest BCUT2D eigenvalue weighted by Gasteiger charge is 2.15. The quantitative estimate of drug-likeness (QED) is 0.841. The van der Waals surface area contributed by atoms with Crippen molar-refractivity contribution >= 4 is 21.4 Å². The van der Waals surface area contributed by atoms with Gasteiger partial charge in [0.25, 0.3) is 10.0 Å². The van der Waals surface area contributed by atoms with Crippen LogP contribution in [-0.4, -0.2) is 13.4 Å². The molecule has 0 saturated heterocycles. The van der Waals surface area contributed by atoms with Crippen LogP contribution in [0.15, 0.2) is 41.6 Å². The predicted octanol–water partition coefficient (Wildman–Crippen LogP) is 2.08. The number of benzene rings is 1. The second-order valence-corrected chi connectivity index (χ2v) is 6.12. The van der Waals surface area contributed by atoms with Gasteiger partial charge in [0.15, 0.2) is 0 Å². The maximum atomic E-state index is 12.2. The second-order valence-electron chi connectivity index (χ2n) is 4.44. The molecule has 0 aliphatic carbocycles. The van der Waals surface area contributed by atoms with Crippen LogP contribution in [0.25, 0.3) is 0 Å². The molecule has 1 heterocycles. The third-order valence-electron chi connectivity index (χ3n) is 2.51. The minimum Gasteiger partial charge on any atom is -0.399 e. The fourth-order valence-electron chi connectivity index (χ4n) is 1.76. The molecule has 1 aromatic carbocycles. The summed E-state index contributed by atoms with van der Waals surface area (Å²) in [5.41, 5.74) is 8.19. The van der Waals surface area contributed by atoms with E-state index in [1.165, 1.54) is 12.3 Å². The van der Waals surface area contributed by atoms with Crippen LogP contribution in [0.4, 0.5) is 11.4 Å². The summed E-state index contributed by atoms with van der Waals surface area (Å²) in [6.45, 7) is 3.64. The number of aromatic nitrogens is 1. The average Bonchev–Trinajstić information content (AvgIpc) is 2.26. The fourth-order valence-corrected chi connectivity index (χ4v) is 2.93. The molecule has 6 heteroatoms. The first-order chi connectivity index (χ1) is 8.87. The zero-order chi connectivity index (χ0) is 14.0. The Balaban J connectivity index is 2.37. The number of aryl methyl sites for hydroxylation is 2. The van der Waals surface area contributed by atoms with Crippen molar-refractivity contribution in [3.8, 4) is 0 Å². The molecule has 0 amide bonds. The van der Waals surface area contributed by atoms with Crippen LogP contribution in [0, 0.1) is 13.8 Å². The first-order valence-corrected chi connectivity index (χ1v) is 7.17. The summed E-state index contributed by atoms with van der Waals surface area (Å²) >= 11 is 0. The molecule has 0 bridgehead atoms. The van der Waals surface area contributed by atoms with Gasteiger partial charge >= 0.3 is 0 Å². The molecule has 0 saturated carbocycles. The van der Waals surface area contributed by atoms with E-state index in [9.17, 15) is 8.42 Å². The molecule has 0 spiro atoms. The molecule has 100 valence electrons. The summed E-state index contributed by atoms with van der Waals surface area (Å²) in [4.78, 5) is 4.09. The molecular weight excluding hydrogens is 262 g/mol. The molecule has 19 heavy (non-hydrogen) atoms. The van der Waals surface area contributed by atoms with Gasteiger partial charge in [-0.25, -0.2) is 8.42 Å². The van der Waals surface area contributed by atoms with Crippen LogP contribution in [0.2, 0.25) is 0 Å². The third kappa shape index (κ3) is 3.23. The highest BCUT2D eigenvalue weighted by atomic mass is 32.2. The van der Waals surface area contributed by atoms with Crippen LogP contribution in [0.3, 0.4) is 0 Å². The van der Waals surface area contributed by atoms with Crippen molar-refractivity contribution in [2.75, 3.05) is 10.5 Å². The topological polar surface area (TPSA) is 85.1 Å². The van der Waals surface area contributed by atoms with E-state index < -0.39 is 10.0 Å². The number of nitrogens with zero attached hydrogens (tertiary/aromatic N) is 1. The summed E-state index contributed by atoms with van der Waals surface area (Å²) in [6, 6.07) is 6.43. The molecular formula is C13H15N3O2S. The van der Waals surface area contributed by atoms with Gasteiger partial charge in [0.05, 0.1) is 16.8 Å². The maximum Gasteiger partial charge on any atom is 0.262 e. The molecule has 2 rings (SSSR count). The van der Waals surface area contributed by atoms with Crippen molar-refractivity contribution in [3.05, 3.63) is 47.8 Å². The molecule has 0 aliphatic rings. The Labute approximate surface area is 112 Å². The van der Waals surface area contributed by atoms with Crippen molar-refractivity contribution in [2.45, 2.75) is 18.7 Å². The van der Waals surface area contributed by atoms with Gasteiger partial charge in [-0.15, -0.1) is 0 Å². The lowest BCUT2D eigenvalue weighted by atomic mass is 10.2. The number of nitrogens with two attached hydrogens (primary N) is 1. The Hall–Kier alpha value is -2.08. The third-order valence-corrected chi connectivity index (χ3v) is 3.87. The SMILES string of the molecule is Cc1cncc(NS(=O)(=O)c2cc(C)cc(N)c2)c1. The van der Waals surface area contributed by atoms with Gasteiger partial charge in [-0.1, -0.05) is 0 Å². The number of sulfonamides is 1. The van der Waals surface area contributed by atoms with Gasteiger partial charge in [-0.2, -0.15) is 0 Å². The number of pyridine rings is 1. The van der Waals surface area contributed by atoms with E-state index in [2.05, 4.69) is 9.71 Å². The monoisotopic (exact) mass is 277 g/mol. The predicted molar refractivity (Wildman–Crippen MR) is 75.4 cm³/mol. The van der Waals surface area contributed by atoms with E-state index in [0.717, 1.165) is 11.1 Å². The Morgan fingerprint density at radius 3 is 2.42 bits per heavy atom. The normalized spacial score (nSPS) is 11.3. The van der Waals surface area contributed by atoms with Crippen LogP contribution in [-0.2, 0) is 10.0 Å². The summed E-state index contributed by atoms with van der Waals surface area (Å²) in [6.07, 6.45) is 3.12. The lowest BCUT2D eigenvalue weighted by molar-refractivity contribution is 0.601. The maximum absolute atomic E-state index is 12.2. The second kappa shape index (κ2) is 4.89. The summed E-state index contributed by atoms with van der Waals surface area (Å²) < 4.78 is 26.9. The first-order valence-electron chi connectivity index (χ1n) is 5.68. The van der Waals surface area contributed by atoms with Gasteiger partial charge in [0.2, 0.25) is 0 Å². The van der Waals surface area contributed by atoms with Crippen molar-refractivity contribution in [1.29, 1.82) is 0 Å². The zero-order valence-corrected chi connectivity index (χ0v) is 11.5. The number of nitrogen functional groups attached to an aromatic ring is 1. The Morgan fingerprint density at radius 2 is 1.79 bits per heavy atom. The minimum atomic E-state index is -3.65. The largest absolute Gasteiger partial charge is 0.399 e. The van der Waals surface area contributed by atoms with Crippen molar-refractivity contribution in [2.24, 2.45) is 0 Å². The summed E-state index contributed by atoms with van der Waals surface area (Å²) in [7, 11) is -3.65.